The molecule has 2 heterocycles. The van der Waals surface area contributed by atoms with Crippen molar-refractivity contribution in [2.75, 3.05) is 32.7 Å². The number of rotatable bonds is 5. The van der Waals surface area contributed by atoms with Gasteiger partial charge in [0.25, 0.3) is 0 Å². The monoisotopic (exact) mass is 333 g/mol. The van der Waals surface area contributed by atoms with Crippen molar-refractivity contribution in [1.82, 2.24) is 15.5 Å². The van der Waals surface area contributed by atoms with Crippen LogP contribution in [0, 0.1) is 11.8 Å². The van der Waals surface area contributed by atoms with Crippen LogP contribution in [0.1, 0.15) is 44.9 Å². The van der Waals surface area contributed by atoms with Gasteiger partial charge in [0, 0.05) is 18.6 Å². The average Bonchev–Trinajstić information content (AvgIpc) is 3.13. The quantitative estimate of drug-likeness (QED) is 0.810. The van der Waals surface area contributed by atoms with Crippen molar-refractivity contribution in [3.05, 3.63) is 0 Å². The van der Waals surface area contributed by atoms with Gasteiger partial charge in [0.05, 0.1) is 6.54 Å². The van der Waals surface area contributed by atoms with Crippen LogP contribution in [0.4, 0.5) is 13.2 Å². The molecule has 2 aliphatic heterocycles. The largest absolute Gasteiger partial charge is 0.401 e. The Morgan fingerprint density at radius 3 is 2.65 bits per heavy atom. The third kappa shape index (κ3) is 5.07. The lowest BCUT2D eigenvalue weighted by Gasteiger charge is -2.33. The molecule has 0 bridgehead atoms. The molecule has 2 saturated heterocycles. The van der Waals surface area contributed by atoms with Gasteiger partial charge in [-0.05, 0) is 63.6 Å². The zero-order valence-corrected chi connectivity index (χ0v) is 13.9. The van der Waals surface area contributed by atoms with Crippen LogP contribution in [-0.4, -0.2) is 55.9 Å². The molecule has 1 aliphatic carbocycles. The molecule has 2 N–H and O–H groups in total. The van der Waals surface area contributed by atoms with E-state index in [1.807, 2.05) is 0 Å². The third-order valence-corrected chi connectivity index (χ3v) is 5.88. The molecule has 6 heteroatoms. The molecule has 0 amide bonds. The zero-order valence-electron chi connectivity index (χ0n) is 13.9. The van der Waals surface area contributed by atoms with Gasteiger partial charge in [0.2, 0.25) is 0 Å². The second-order valence-corrected chi connectivity index (χ2v) is 7.67. The van der Waals surface area contributed by atoms with Gasteiger partial charge in [-0.2, -0.15) is 13.2 Å². The molecule has 0 aromatic rings. The number of nitrogens with one attached hydrogen (secondary N) is 2. The first kappa shape index (κ1) is 17.5. The van der Waals surface area contributed by atoms with E-state index in [-0.39, 0.29) is 0 Å². The summed E-state index contributed by atoms with van der Waals surface area (Å²) < 4.78 is 37.4. The molecule has 4 unspecified atom stereocenters. The van der Waals surface area contributed by atoms with Gasteiger partial charge in [0.15, 0.2) is 0 Å². The van der Waals surface area contributed by atoms with Crippen molar-refractivity contribution in [3.63, 3.8) is 0 Å². The predicted molar refractivity (Wildman–Crippen MR) is 85.4 cm³/mol. The van der Waals surface area contributed by atoms with E-state index in [1.165, 1.54) is 38.5 Å². The Kier molecular flexibility index (Phi) is 5.86. The highest BCUT2D eigenvalue weighted by molar-refractivity contribution is 4.93. The molecule has 0 radical (unpaired) electrons. The van der Waals surface area contributed by atoms with E-state index in [9.17, 15) is 13.2 Å². The van der Waals surface area contributed by atoms with Crippen LogP contribution in [0.5, 0.6) is 0 Å². The highest BCUT2D eigenvalue weighted by Gasteiger charge is 2.36. The maximum absolute atomic E-state index is 12.5. The van der Waals surface area contributed by atoms with E-state index in [2.05, 4.69) is 10.6 Å². The summed E-state index contributed by atoms with van der Waals surface area (Å²) in [5.74, 6) is 1.08. The fourth-order valence-corrected chi connectivity index (χ4v) is 4.76. The molecule has 3 fully saturated rings. The fourth-order valence-electron chi connectivity index (χ4n) is 4.76. The molecule has 23 heavy (non-hydrogen) atoms. The second-order valence-electron chi connectivity index (χ2n) is 7.67. The van der Waals surface area contributed by atoms with Crippen LogP contribution in [0.15, 0.2) is 0 Å². The topological polar surface area (TPSA) is 27.3 Å². The first-order valence-electron chi connectivity index (χ1n) is 9.27. The molecule has 3 aliphatic rings. The summed E-state index contributed by atoms with van der Waals surface area (Å²) >= 11 is 0. The van der Waals surface area contributed by atoms with E-state index >= 15 is 0 Å². The molecule has 0 spiro atoms. The van der Waals surface area contributed by atoms with Crippen LogP contribution in [0.25, 0.3) is 0 Å². The maximum Gasteiger partial charge on any atom is 0.401 e. The number of alkyl halides is 3. The molecule has 0 aromatic heterocycles. The van der Waals surface area contributed by atoms with Crippen LogP contribution >= 0.6 is 0 Å². The molecule has 0 aromatic carbocycles. The summed E-state index contributed by atoms with van der Waals surface area (Å²) in [6.07, 6.45) is 4.53. The number of halogens is 3. The number of likely N-dealkylation sites (tertiary alicyclic amines) is 1. The lowest BCUT2D eigenvalue weighted by Crippen LogP contribution is -2.47. The molecule has 3 rings (SSSR count). The Balaban J connectivity index is 1.41. The molecular weight excluding hydrogens is 303 g/mol. The van der Waals surface area contributed by atoms with E-state index in [4.69, 9.17) is 0 Å². The van der Waals surface area contributed by atoms with Crippen molar-refractivity contribution in [3.8, 4) is 0 Å². The molecule has 134 valence electrons. The minimum Gasteiger partial charge on any atom is -0.314 e. The zero-order chi connectivity index (χ0) is 16.3. The van der Waals surface area contributed by atoms with Gasteiger partial charge in [-0.25, -0.2) is 0 Å². The minimum absolute atomic E-state index is 0.373. The van der Waals surface area contributed by atoms with Gasteiger partial charge in [-0.15, -0.1) is 0 Å². The van der Waals surface area contributed by atoms with Gasteiger partial charge in [-0.1, -0.05) is 12.8 Å². The summed E-state index contributed by atoms with van der Waals surface area (Å²) in [6.45, 7) is 2.45. The highest BCUT2D eigenvalue weighted by Crippen LogP contribution is 2.32. The summed E-state index contributed by atoms with van der Waals surface area (Å²) in [5.41, 5.74) is 0. The molecule has 3 nitrogen and oxygen atoms in total. The van der Waals surface area contributed by atoms with Crippen molar-refractivity contribution in [2.45, 2.75) is 63.2 Å². The summed E-state index contributed by atoms with van der Waals surface area (Å²) in [5, 5.41) is 7.38. The van der Waals surface area contributed by atoms with Crippen molar-refractivity contribution in [2.24, 2.45) is 11.8 Å². The predicted octanol–water partition coefficient (Wildman–Crippen LogP) is 2.77. The number of hydrogen-bond donors (Lipinski definition) is 2. The Morgan fingerprint density at radius 2 is 1.91 bits per heavy atom. The third-order valence-electron chi connectivity index (χ3n) is 5.88. The molecule has 4 atom stereocenters. The van der Waals surface area contributed by atoms with E-state index in [1.54, 1.807) is 4.90 Å². The van der Waals surface area contributed by atoms with Gasteiger partial charge < -0.3 is 10.6 Å². The van der Waals surface area contributed by atoms with Crippen molar-refractivity contribution >= 4 is 0 Å². The van der Waals surface area contributed by atoms with E-state index in [0.717, 1.165) is 19.5 Å². The Hall–Kier alpha value is -0.330. The van der Waals surface area contributed by atoms with Crippen LogP contribution in [-0.2, 0) is 0 Å². The van der Waals surface area contributed by atoms with E-state index < -0.39 is 12.7 Å². The number of piperidine rings is 1. The SMILES string of the molecule is FC(F)(F)CN1CCC(CNC2CCCC2C2CCCCN2)C1. The number of hydrogen-bond acceptors (Lipinski definition) is 3. The Labute approximate surface area is 137 Å². The Bertz CT molecular complexity index is 369. The lowest BCUT2D eigenvalue weighted by molar-refractivity contribution is -0.143. The van der Waals surface area contributed by atoms with Gasteiger partial charge in [-0.3, -0.25) is 4.90 Å². The lowest BCUT2D eigenvalue weighted by atomic mass is 9.88. The first-order chi connectivity index (χ1) is 11.0. The van der Waals surface area contributed by atoms with Crippen molar-refractivity contribution < 1.29 is 13.2 Å². The molecular formula is C17H30F3N3. The summed E-state index contributed by atoms with van der Waals surface area (Å²) in [4.78, 5) is 1.56. The Morgan fingerprint density at radius 1 is 1.04 bits per heavy atom. The van der Waals surface area contributed by atoms with Gasteiger partial charge in [0.1, 0.15) is 0 Å². The highest BCUT2D eigenvalue weighted by atomic mass is 19.4. The maximum atomic E-state index is 12.5. The van der Waals surface area contributed by atoms with Crippen LogP contribution in [0.2, 0.25) is 0 Å². The van der Waals surface area contributed by atoms with E-state index in [0.29, 0.717) is 37.0 Å². The van der Waals surface area contributed by atoms with Crippen molar-refractivity contribution in [1.29, 1.82) is 0 Å². The normalized spacial score (nSPS) is 36.7. The van der Waals surface area contributed by atoms with Gasteiger partial charge >= 0.3 is 6.18 Å². The first-order valence-corrected chi connectivity index (χ1v) is 9.27. The summed E-state index contributed by atoms with van der Waals surface area (Å²) in [7, 11) is 0. The number of nitrogens with zero attached hydrogens (tertiary/aromatic N) is 1. The minimum atomic E-state index is -4.06. The average molecular weight is 333 g/mol. The van der Waals surface area contributed by atoms with Crippen LogP contribution in [0.3, 0.4) is 0 Å². The fraction of sp³-hybridized carbons (Fsp3) is 1.00. The standard InChI is InChI=1S/C17H30F3N3/c18-17(19,20)12-23-9-7-13(11-23)10-22-16-6-3-4-14(16)15-5-1-2-8-21-15/h13-16,21-22H,1-12H2. The second kappa shape index (κ2) is 7.70. The smallest absolute Gasteiger partial charge is 0.314 e. The van der Waals surface area contributed by atoms with Crippen LogP contribution < -0.4 is 10.6 Å². The summed E-state index contributed by atoms with van der Waals surface area (Å²) in [6, 6.07) is 1.20. The molecule has 1 saturated carbocycles.